The van der Waals surface area contributed by atoms with Crippen molar-refractivity contribution in [3.63, 3.8) is 0 Å². The van der Waals surface area contributed by atoms with Crippen LogP contribution in [0.5, 0.6) is 0 Å². The first-order valence-corrected chi connectivity index (χ1v) is 9.83. The van der Waals surface area contributed by atoms with Gasteiger partial charge in [-0.15, -0.1) is 11.3 Å². The lowest BCUT2D eigenvalue weighted by Gasteiger charge is -2.16. The Labute approximate surface area is 172 Å². The predicted octanol–water partition coefficient (Wildman–Crippen LogP) is 4.40. The molecule has 0 saturated heterocycles. The third kappa shape index (κ3) is 4.86. The summed E-state index contributed by atoms with van der Waals surface area (Å²) in [7, 11) is 0. The monoisotopic (exact) mass is 414 g/mol. The highest BCUT2D eigenvalue weighted by molar-refractivity contribution is 7.18. The highest BCUT2D eigenvalue weighted by atomic mass is 32.1. The molecule has 3 aromatic heterocycles. The van der Waals surface area contributed by atoms with Crippen LogP contribution in [-0.2, 0) is 9.53 Å². The first-order chi connectivity index (χ1) is 13.6. The number of aromatic nitrogens is 3. The number of hydrogen-bond donors (Lipinski definition) is 1. The number of ether oxygens (including phenoxy) is 1. The van der Waals surface area contributed by atoms with Gasteiger partial charge in [-0.1, -0.05) is 25.9 Å². The van der Waals surface area contributed by atoms with Crippen LogP contribution in [0.15, 0.2) is 35.1 Å². The molecule has 29 heavy (non-hydrogen) atoms. The lowest BCUT2D eigenvalue weighted by molar-refractivity contribution is -0.123. The molecule has 3 rings (SSSR count). The summed E-state index contributed by atoms with van der Waals surface area (Å²) in [5.74, 6) is -0.0821. The Kier molecular flexibility index (Phi) is 5.78. The van der Waals surface area contributed by atoms with Crippen molar-refractivity contribution in [3.8, 4) is 11.4 Å². The number of rotatable bonds is 5. The second-order valence-electron chi connectivity index (χ2n) is 7.57. The van der Waals surface area contributed by atoms with Crippen LogP contribution in [-0.4, -0.2) is 27.0 Å². The van der Waals surface area contributed by atoms with Crippen molar-refractivity contribution >= 4 is 28.2 Å². The fraction of sp³-hybridized carbons (Fsp3) is 0.350. The molecule has 0 bridgehead atoms. The van der Waals surface area contributed by atoms with Gasteiger partial charge < -0.3 is 14.6 Å². The van der Waals surface area contributed by atoms with Gasteiger partial charge in [-0.25, -0.2) is 4.79 Å². The van der Waals surface area contributed by atoms with Gasteiger partial charge in [0.15, 0.2) is 6.10 Å². The maximum Gasteiger partial charge on any atom is 0.349 e. The number of thiophene rings is 1. The standard InChI is InChI=1S/C20H22N4O4S/c1-11-9-14(22-19(26)20(3,4)5)29-15(11)18(25)27-12(2)17-23-16(24-28-17)13-7-6-8-21-10-13/h6-10,12H,1-5H3,(H,22,26). The molecule has 0 radical (unpaired) electrons. The molecular weight excluding hydrogens is 392 g/mol. The minimum absolute atomic E-state index is 0.124. The maximum atomic E-state index is 12.6. The molecule has 0 saturated carbocycles. The number of nitrogens with one attached hydrogen (secondary N) is 1. The van der Waals surface area contributed by atoms with E-state index in [4.69, 9.17) is 9.26 Å². The van der Waals surface area contributed by atoms with Crippen molar-refractivity contribution < 1.29 is 18.8 Å². The molecule has 3 aromatic rings. The average Bonchev–Trinajstić information content (AvgIpc) is 3.28. The summed E-state index contributed by atoms with van der Waals surface area (Å²) in [6.07, 6.45) is 2.54. The first-order valence-electron chi connectivity index (χ1n) is 9.02. The molecule has 0 aliphatic carbocycles. The second-order valence-corrected chi connectivity index (χ2v) is 8.62. The summed E-state index contributed by atoms with van der Waals surface area (Å²) >= 11 is 1.17. The molecule has 8 nitrogen and oxygen atoms in total. The Morgan fingerprint density at radius 1 is 1.31 bits per heavy atom. The Bertz CT molecular complexity index is 1020. The van der Waals surface area contributed by atoms with E-state index in [1.807, 2.05) is 20.8 Å². The van der Waals surface area contributed by atoms with Crippen LogP contribution in [0.4, 0.5) is 5.00 Å². The van der Waals surface area contributed by atoms with Crippen LogP contribution in [0.2, 0.25) is 0 Å². The SMILES string of the molecule is Cc1cc(NC(=O)C(C)(C)C)sc1C(=O)OC(C)c1nc(-c2cccnc2)no1. The van der Waals surface area contributed by atoms with Crippen molar-refractivity contribution in [1.82, 2.24) is 15.1 Å². The summed E-state index contributed by atoms with van der Waals surface area (Å²) in [5, 5.41) is 7.33. The fourth-order valence-electron chi connectivity index (χ4n) is 2.32. The van der Waals surface area contributed by atoms with Gasteiger partial charge in [0, 0.05) is 23.4 Å². The van der Waals surface area contributed by atoms with E-state index in [1.54, 1.807) is 44.4 Å². The fourth-order valence-corrected chi connectivity index (χ4v) is 3.27. The number of nitrogens with zero attached hydrogens (tertiary/aromatic N) is 3. The largest absolute Gasteiger partial charge is 0.448 e. The van der Waals surface area contributed by atoms with Gasteiger partial charge in [0.25, 0.3) is 5.89 Å². The number of carbonyl (C=O) groups excluding carboxylic acids is 2. The van der Waals surface area contributed by atoms with Crippen LogP contribution in [0.1, 0.15) is 54.9 Å². The van der Waals surface area contributed by atoms with E-state index in [0.717, 1.165) is 5.56 Å². The first kappa shape index (κ1) is 20.7. The Balaban J connectivity index is 1.69. The zero-order chi connectivity index (χ0) is 21.2. The number of hydrogen-bond acceptors (Lipinski definition) is 8. The van der Waals surface area contributed by atoms with E-state index in [1.165, 1.54) is 11.3 Å². The molecular formula is C20H22N4O4S. The predicted molar refractivity (Wildman–Crippen MR) is 109 cm³/mol. The van der Waals surface area contributed by atoms with E-state index in [2.05, 4.69) is 20.4 Å². The lowest BCUT2D eigenvalue weighted by Crippen LogP contribution is -2.27. The van der Waals surface area contributed by atoms with Gasteiger partial charge in [0.1, 0.15) is 4.88 Å². The van der Waals surface area contributed by atoms with Gasteiger partial charge in [0.2, 0.25) is 11.7 Å². The molecule has 1 atom stereocenters. The zero-order valence-electron chi connectivity index (χ0n) is 16.8. The smallest absolute Gasteiger partial charge is 0.349 e. The summed E-state index contributed by atoms with van der Waals surface area (Å²) in [5.41, 5.74) is 0.893. The van der Waals surface area contributed by atoms with E-state index in [0.29, 0.717) is 21.3 Å². The molecule has 0 fully saturated rings. The van der Waals surface area contributed by atoms with Crippen molar-refractivity contribution in [1.29, 1.82) is 0 Å². The topological polar surface area (TPSA) is 107 Å². The molecule has 3 heterocycles. The third-order valence-corrected chi connectivity index (χ3v) is 5.15. The van der Waals surface area contributed by atoms with Crippen LogP contribution in [0, 0.1) is 12.3 Å². The number of pyridine rings is 1. The zero-order valence-corrected chi connectivity index (χ0v) is 17.7. The van der Waals surface area contributed by atoms with Crippen LogP contribution in [0.3, 0.4) is 0 Å². The van der Waals surface area contributed by atoms with Gasteiger partial charge in [-0.3, -0.25) is 9.78 Å². The van der Waals surface area contributed by atoms with Crippen LogP contribution in [0.25, 0.3) is 11.4 Å². The Morgan fingerprint density at radius 3 is 2.72 bits per heavy atom. The molecule has 0 spiro atoms. The maximum absolute atomic E-state index is 12.6. The van der Waals surface area contributed by atoms with Crippen molar-refractivity contribution in [2.24, 2.45) is 5.41 Å². The molecule has 1 unspecified atom stereocenters. The van der Waals surface area contributed by atoms with Crippen molar-refractivity contribution in [2.75, 3.05) is 5.32 Å². The molecule has 1 N–H and O–H groups in total. The van der Waals surface area contributed by atoms with Crippen molar-refractivity contribution in [3.05, 3.63) is 46.9 Å². The molecule has 1 amide bonds. The molecule has 152 valence electrons. The molecule has 0 aliphatic rings. The van der Waals surface area contributed by atoms with Gasteiger partial charge in [-0.05, 0) is 37.6 Å². The summed E-state index contributed by atoms with van der Waals surface area (Å²) in [4.78, 5) is 33.4. The second kappa shape index (κ2) is 8.12. The minimum atomic E-state index is -0.727. The summed E-state index contributed by atoms with van der Waals surface area (Å²) in [6, 6.07) is 5.33. The third-order valence-electron chi connectivity index (χ3n) is 4.01. The number of amides is 1. The quantitative estimate of drug-likeness (QED) is 0.616. The highest BCUT2D eigenvalue weighted by Gasteiger charge is 2.25. The average molecular weight is 414 g/mol. The highest BCUT2D eigenvalue weighted by Crippen LogP contribution is 2.30. The lowest BCUT2D eigenvalue weighted by atomic mass is 9.96. The summed E-state index contributed by atoms with van der Waals surface area (Å²) in [6.45, 7) is 8.92. The van der Waals surface area contributed by atoms with E-state index in [9.17, 15) is 9.59 Å². The molecule has 0 aliphatic heterocycles. The van der Waals surface area contributed by atoms with Gasteiger partial charge >= 0.3 is 5.97 Å². The summed E-state index contributed by atoms with van der Waals surface area (Å²) < 4.78 is 10.7. The van der Waals surface area contributed by atoms with Gasteiger partial charge in [0.05, 0.1) is 5.00 Å². The van der Waals surface area contributed by atoms with Crippen LogP contribution >= 0.6 is 11.3 Å². The number of anilines is 1. The van der Waals surface area contributed by atoms with E-state index >= 15 is 0 Å². The Hall–Kier alpha value is -3.07. The Morgan fingerprint density at radius 2 is 2.07 bits per heavy atom. The molecule has 0 aromatic carbocycles. The van der Waals surface area contributed by atoms with Crippen molar-refractivity contribution in [2.45, 2.75) is 40.7 Å². The number of carbonyl (C=O) groups is 2. The minimum Gasteiger partial charge on any atom is -0.448 e. The van der Waals surface area contributed by atoms with E-state index in [-0.39, 0.29) is 11.8 Å². The van der Waals surface area contributed by atoms with Crippen LogP contribution < -0.4 is 5.32 Å². The number of aryl methyl sites for hydroxylation is 1. The number of esters is 1. The molecule has 9 heteroatoms. The normalized spacial score (nSPS) is 12.4. The van der Waals surface area contributed by atoms with Gasteiger partial charge in [-0.2, -0.15) is 4.98 Å². The van der Waals surface area contributed by atoms with E-state index < -0.39 is 17.5 Å².